The van der Waals surface area contributed by atoms with Gasteiger partial charge in [0.15, 0.2) is 0 Å². The first-order valence-corrected chi connectivity index (χ1v) is 12.2. The molecule has 0 unspecified atom stereocenters. The van der Waals surface area contributed by atoms with Crippen molar-refractivity contribution in [2.75, 3.05) is 14.1 Å². The number of hydrogen-bond donors (Lipinski definition) is 3. The summed E-state index contributed by atoms with van der Waals surface area (Å²) in [4.78, 5) is 40.0. The monoisotopic (exact) mass is 498 g/mol. The highest BCUT2D eigenvalue weighted by Gasteiger charge is 2.42. The zero-order valence-electron chi connectivity index (χ0n) is 23.3. The van der Waals surface area contributed by atoms with Crippen LogP contribution >= 0.6 is 0 Å². The molecule has 2 amide bonds. The summed E-state index contributed by atoms with van der Waals surface area (Å²) < 4.78 is 2.06. The number of rotatable bonds is 9. The molecule has 3 atom stereocenters. The van der Waals surface area contributed by atoms with Gasteiger partial charge in [-0.25, -0.2) is 4.79 Å². The van der Waals surface area contributed by atoms with Crippen LogP contribution < -0.4 is 10.6 Å². The summed E-state index contributed by atoms with van der Waals surface area (Å²) in [6, 6.07) is 6.21. The van der Waals surface area contributed by atoms with Crippen molar-refractivity contribution in [3.8, 4) is 0 Å². The van der Waals surface area contributed by atoms with Crippen molar-refractivity contribution < 1.29 is 19.5 Å². The molecule has 198 valence electrons. The fourth-order valence-corrected chi connectivity index (χ4v) is 4.65. The number of para-hydroxylation sites is 1. The van der Waals surface area contributed by atoms with Gasteiger partial charge in [0.25, 0.3) is 0 Å². The van der Waals surface area contributed by atoms with Crippen LogP contribution in [0.1, 0.15) is 54.0 Å². The summed E-state index contributed by atoms with van der Waals surface area (Å²) in [6.07, 6.45) is 3.59. The highest BCUT2D eigenvalue weighted by Crippen LogP contribution is 2.35. The van der Waals surface area contributed by atoms with Crippen molar-refractivity contribution in [2.45, 2.75) is 72.0 Å². The van der Waals surface area contributed by atoms with Crippen molar-refractivity contribution in [3.05, 3.63) is 47.7 Å². The molecule has 0 aliphatic rings. The number of nitrogens with one attached hydrogen (secondary N) is 2. The average molecular weight is 499 g/mol. The van der Waals surface area contributed by atoms with Crippen molar-refractivity contribution >= 4 is 28.7 Å². The van der Waals surface area contributed by atoms with Crippen molar-refractivity contribution in [3.63, 3.8) is 0 Å². The summed E-state index contributed by atoms with van der Waals surface area (Å²) in [5, 5.41) is 16.5. The molecule has 8 nitrogen and oxygen atoms in total. The molecule has 0 saturated carbocycles. The Morgan fingerprint density at radius 1 is 1.08 bits per heavy atom. The van der Waals surface area contributed by atoms with E-state index in [4.69, 9.17) is 0 Å². The number of carboxylic acids is 1. The molecule has 0 aliphatic heterocycles. The molecular weight excluding hydrogens is 456 g/mol. The van der Waals surface area contributed by atoms with E-state index < -0.39 is 34.9 Å². The number of carboxylic acid groups (broad SMARTS) is 1. The van der Waals surface area contributed by atoms with Gasteiger partial charge in [0, 0.05) is 48.2 Å². The zero-order chi connectivity index (χ0) is 27.6. The lowest BCUT2D eigenvalue weighted by Crippen LogP contribution is -2.61. The van der Waals surface area contributed by atoms with E-state index in [1.165, 1.54) is 17.9 Å². The molecule has 2 rings (SSSR count). The number of benzene rings is 1. The standard InChI is InChI=1S/C28H42N4O4/c1-17(26(35)36)15-18(2)32(10)25(34)23(27(3,4)5)30-24(33)22(29-8)28(6,7)20-16-31(9)21-14-12-11-13-19(20)21/h11-16,18,22-23,29H,1-10H3,(H,30,33)(H,35,36)/b17-15+/t18-,22+,23+/m0/s1. The Balaban J connectivity index is 2.38. The number of likely N-dealkylation sites (N-methyl/N-ethyl adjacent to an activating group) is 2. The van der Waals surface area contributed by atoms with Gasteiger partial charge in [0.05, 0.1) is 6.04 Å². The number of amides is 2. The van der Waals surface area contributed by atoms with E-state index >= 15 is 0 Å². The lowest BCUT2D eigenvalue weighted by Gasteiger charge is -2.38. The van der Waals surface area contributed by atoms with Gasteiger partial charge in [0.1, 0.15) is 6.04 Å². The second kappa shape index (κ2) is 10.9. The maximum Gasteiger partial charge on any atom is 0.331 e. The first-order valence-electron chi connectivity index (χ1n) is 12.2. The van der Waals surface area contributed by atoms with E-state index in [9.17, 15) is 19.5 Å². The maximum atomic E-state index is 13.7. The third-order valence-electron chi connectivity index (χ3n) is 7.05. The Morgan fingerprint density at radius 2 is 1.67 bits per heavy atom. The number of carbonyl (C=O) groups excluding carboxylic acids is 2. The molecule has 0 fully saturated rings. The number of aliphatic carboxylic acids is 1. The predicted molar refractivity (Wildman–Crippen MR) is 144 cm³/mol. The smallest absolute Gasteiger partial charge is 0.331 e. The van der Waals surface area contributed by atoms with Gasteiger partial charge in [-0.2, -0.15) is 0 Å². The lowest BCUT2D eigenvalue weighted by atomic mass is 9.76. The Hall–Kier alpha value is -3.13. The van der Waals surface area contributed by atoms with Crippen molar-refractivity contribution in [2.24, 2.45) is 12.5 Å². The van der Waals surface area contributed by atoms with Crippen LogP contribution in [0.2, 0.25) is 0 Å². The first kappa shape index (κ1) is 29.1. The third-order valence-corrected chi connectivity index (χ3v) is 7.05. The molecule has 0 saturated heterocycles. The molecule has 3 N–H and O–H groups in total. The van der Waals surface area contributed by atoms with E-state index in [1.807, 2.05) is 53.8 Å². The van der Waals surface area contributed by atoms with E-state index in [1.54, 1.807) is 21.0 Å². The molecular formula is C28H42N4O4. The van der Waals surface area contributed by atoms with E-state index in [2.05, 4.69) is 33.5 Å². The molecule has 0 bridgehead atoms. The minimum Gasteiger partial charge on any atom is -0.478 e. The minimum atomic E-state index is -1.03. The van der Waals surface area contributed by atoms with Crippen molar-refractivity contribution in [1.29, 1.82) is 0 Å². The van der Waals surface area contributed by atoms with Crippen LogP contribution in [0.4, 0.5) is 0 Å². The van der Waals surface area contributed by atoms with Crippen LogP contribution in [0.3, 0.4) is 0 Å². The van der Waals surface area contributed by atoms with Gasteiger partial charge in [-0.05, 0) is 37.9 Å². The maximum absolute atomic E-state index is 13.7. The summed E-state index contributed by atoms with van der Waals surface area (Å²) >= 11 is 0. The highest BCUT2D eigenvalue weighted by atomic mass is 16.4. The molecule has 0 radical (unpaired) electrons. The third kappa shape index (κ3) is 5.98. The number of hydrogen-bond acceptors (Lipinski definition) is 4. The van der Waals surface area contributed by atoms with Crippen LogP contribution in [0.25, 0.3) is 10.9 Å². The van der Waals surface area contributed by atoms with E-state index in [-0.39, 0.29) is 17.4 Å². The number of carbonyl (C=O) groups is 3. The second-order valence-electron chi connectivity index (χ2n) is 11.3. The Labute approximate surface area is 214 Å². The highest BCUT2D eigenvalue weighted by molar-refractivity contribution is 5.93. The van der Waals surface area contributed by atoms with Gasteiger partial charge in [0.2, 0.25) is 11.8 Å². The molecule has 0 aliphatic carbocycles. The summed E-state index contributed by atoms with van der Waals surface area (Å²) in [7, 11) is 5.36. The average Bonchev–Trinajstić information content (AvgIpc) is 3.13. The molecule has 2 aromatic rings. The van der Waals surface area contributed by atoms with Crippen molar-refractivity contribution in [1.82, 2.24) is 20.1 Å². The van der Waals surface area contributed by atoms with E-state index in [0.29, 0.717) is 0 Å². The van der Waals surface area contributed by atoms with Gasteiger partial charge in [-0.3, -0.25) is 9.59 Å². The lowest BCUT2D eigenvalue weighted by molar-refractivity contribution is -0.140. The number of nitrogens with zero attached hydrogens (tertiary/aromatic N) is 2. The van der Waals surface area contributed by atoms with E-state index in [0.717, 1.165) is 16.5 Å². The second-order valence-corrected chi connectivity index (χ2v) is 11.3. The quantitative estimate of drug-likeness (QED) is 0.460. The predicted octanol–water partition coefficient (Wildman–Crippen LogP) is 3.45. The Bertz CT molecular complexity index is 1160. The van der Waals surface area contributed by atoms with Crippen LogP contribution in [0.5, 0.6) is 0 Å². The topological polar surface area (TPSA) is 104 Å². The Kier molecular flexibility index (Phi) is 8.78. The van der Waals surface area contributed by atoms with Crippen LogP contribution in [0, 0.1) is 5.41 Å². The molecule has 8 heteroatoms. The van der Waals surface area contributed by atoms with Gasteiger partial charge < -0.3 is 25.2 Å². The normalized spacial score (nSPS) is 15.3. The summed E-state index contributed by atoms with van der Waals surface area (Å²) in [6.45, 7) is 13.0. The van der Waals surface area contributed by atoms with Gasteiger partial charge >= 0.3 is 5.97 Å². The molecule has 1 aromatic carbocycles. The minimum absolute atomic E-state index is 0.158. The zero-order valence-corrected chi connectivity index (χ0v) is 23.3. The molecule has 36 heavy (non-hydrogen) atoms. The summed E-state index contributed by atoms with van der Waals surface area (Å²) in [5.74, 6) is -1.59. The van der Waals surface area contributed by atoms with Crippen LogP contribution in [0.15, 0.2) is 42.1 Å². The number of fused-ring (bicyclic) bond motifs is 1. The number of aromatic nitrogens is 1. The van der Waals surface area contributed by atoms with Crippen LogP contribution in [-0.4, -0.2) is 64.6 Å². The molecule has 1 heterocycles. The molecule has 0 spiro atoms. The van der Waals surface area contributed by atoms with Crippen LogP contribution in [-0.2, 0) is 26.8 Å². The molecule has 1 aromatic heterocycles. The SMILES string of the molecule is CN[C@H](C(=O)N[C@H](C(=O)N(C)[C@@H](C)/C=C(\C)C(=O)O)C(C)(C)C)C(C)(C)c1cn(C)c2ccccc12. The fraction of sp³-hybridized carbons (Fsp3) is 0.536. The fourth-order valence-electron chi connectivity index (χ4n) is 4.65. The summed E-state index contributed by atoms with van der Waals surface area (Å²) in [5.41, 5.74) is 1.11. The largest absolute Gasteiger partial charge is 0.478 e. The van der Waals surface area contributed by atoms with Gasteiger partial charge in [-0.1, -0.05) is 58.9 Å². The first-order chi connectivity index (χ1) is 16.5. The van der Waals surface area contributed by atoms with Gasteiger partial charge in [-0.15, -0.1) is 0 Å². The number of aryl methyl sites for hydroxylation is 1. The Morgan fingerprint density at radius 3 is 2.19 bits per heavy atom.